The van der Waals surface area contributed by atoms with Gasteiger partial charge in [-0.05, 0) is 41.5 Å². The molecule has 0 aliphatic carbocycles. The third kappa shape index (κ3) is 8.55. The average molecular weight is 614 g/mol. The summed E-state index contributed by atoms with van der Waals surface area (Å²) >= 11 is 0. The highest BCUT2D eigenvalue weighted by molar-refractivity contribution is 7.52. The molecular weight excluding hydrogens is 580 g/mol. The van der Waals surface area contributed by atoms with Crippen molar-refractivity contribution >= 4 is 13.7 Å². The van der Waals surface area contributed by atoms with Crippen molar-refractivity contribution in [3.8, 4) is 11.5 Å². The van der Waals surface area contributed by atoms with Gasteiger partial charge in [0.1, 0.15) is 11.8 Å². The number of carbonyl (C=O) groups is 1. The van der Waals surface area contributed by atoms with Crippen LogP contribution in [-0.4, -0.2) is 18.6 Å². The zero-order valence-electron chi connectivity index (χ0n) is 23.7. The van der Waals surface area contributed by atoms with Crippen molar-refractivity contribution in [3.05, 3.63) is 94.8 Å². The van der Waals surface area contributed by atoms with E-state index in [0.717, 1.165) is 18.4 Å². The van der Waals surface area contributed by atoms with Gasteiger partial charge < -0.3 is 13.8 Å². The number of ether oxygens (including phenoxy) is 1. The molecule has 0 aromatic heterocycles. The quantitative estimate of drug-likeness (QED) is 0.0524. The summed E-state index contributed by atoms with van der Waals surface area (Å²) < 4.78 is 101. The molecule has 42 heavy (non-hydrogen) atoms. The highest BCUT2D eigenvalue weighted by Crippen LogP contribution is 2.48. The van der Waals surface area contributed by atoms with Crippen molar-refractivity contribution in [2.75, 3.05) is 6.61 Å². The summed E-state index contributed by atoms with van der Waals surface area (Å²) in [6.45, 7) is 7.84. The maximum absolute atomic E-state index is 14.6. The van der Waals surface area contributed by atoms with Crippen LogP contribution in [0.15, 0.2) is 54.6 Å². The molecule has 1 N–H and O–H groups in total. The van der Waals surface area contributed by atoms with E-state index in [1.165, 1.54) is 12.1 Å². The Morgan fingerprint density at radius 2 is 1.40 bits per heavy atom. The molecule has 6 nitrogen and oxygen atoms in total. The predicted molar refractivity (Wildman–Crippen MR) is 148 cm³/mol. The predicted octanol–water partition coefficient (Wildman–Crippen LogP) is 8.18. The lowest BCUT2D eigenvalue weighted by atomic mass is 9.87. The molecule has 0 aliphatic rings. The molecule has 3 aromatic rings. The maximum Gasteiger partial charge on any atom is 0.513 e. The minimum atomic E-state index is -5.11. The molecule has 2 atom stereocenters. The first-order valence-electron chi connectivity index (χ1n) is 13.3. The summed E-state index contributed by atoms with van der Waals surface area (Å²) in [4.78, 5) is 13.1. The summed E-state index contributed by atoms with van der Waals surface area (Å²) in [6, 6.07) is 13.1. The number of carbonyl (C=O) groups excluding carboxylic acids is 1. The van der Waals surface area contributed by atoms with E-state index in [0.29, 0.717) is 12.0 Å². The Morgan fingerprint density at radius 1 is 0.833 bits per heavy atom. The largest absolute Gasteiger partial charge is 0.513 e. The van der Waals surface area contributed by atoms with E-state index in [1.807, 2.05) is 27.7 Å². The number of hydrogen-bond donors (Lipinski definition) is 1. The molecule has 0 saturated carbocycles. The van der Waals surface area contributed by atoms with Gasteiger partial charge in [0.25, 0.3) is 0 Å². The van der Waals surface area contributed by atoms with Crippen LogP contribution in [0, 0.1) is 29.1 Å². The van der Waals surface area contributed by atoms with Crippen LogP contribution in [0.2, 0.25) is 0 Å². The van der Waals surface area contributed by atoms with Crippen molar-refractivity contribution in [2.45, 2.75) is 64.8 Å². The lowest BCUT2D eigenvalue weighted by Crippen LogP contribution is -2.40. The minimum Gasteiger partial charge on any atom is -0.465 e. The average Bonchev–Trinajstić information content (AvgIpc) is 2.95. The first-order valence-corrected chi connectivity index (χ1v) is 14.9. The summed E-state index contributed by atoms with van der Waals surface area (Å²) in [5, 5.41) is 2.33. The van der Waals surface area contributed by atoms with Crippen molar-refractivity contribution in [1.82, 2.24) is 5.09 Å². The molecule has 1 unspecified atom stereocenters. The topological polar surface area (TPSA) is 73.9 Å². The van der Waals surface area contributed by atoms with Gasteiger partial charge in [-0.15, -0.1) is 0 Å². The standard InChI is InChI=1S/C30H33F5NO5P/c1-5-6-10-17-39-29(37)22(18-19-11-8-7-9-12-19)36-42(38,40-21-15-13-20(14-16-21)30(2,3)4)41-28-26(34)24(32)23(31)25(33)27(28)35/h7-9,11-16,22H,5-6,10,17-18H2,1-4H3,(H,36,38)/t22-,42?/m0/s1. The number of benzene rings is 3. The molecule has 0 spiro atoms. The highest BCUT2D eigenvalue weighted by Gasteiger charge is 2.39. The van der Waals surface area contributed by atoms with Gasteiger partial charge in [-0.1, -0.05) is 83.0 Å². The molecule has 0 radical (unpaired) electrons. The summed E-state index contributed by atoms with van der Waals surface area (Å²) in [5.41, 5.74) is 1.17. The Hall–Kier alpha value is -3.43. The second-order valence-corrected chi connectivity index (χ2v) is 12.2. The number of halogens is 5. The Morgan fingerprint density at radius 3 is 1.95 bits per heavy atom. The van der Waals surface area contributed by atoms with E-state index in [2.05, 4.69) is 5.09 Å². The van der Waals surface area contributed by atoms with Crippen LogP contribution in [0.3, 0.4) is 0 Å². The second kappa shape index (κ2) is 14.2. The van der Waals surface area contributed by atoms with E-state index in [9.17, 15) is 31.3 Å². The zero-order chi connectivity index (χ0) is 31.1. The number of esters is 1. The SMILES string of the molecule is CCCCCOC(=O)[C@H](Cc1ccccc1)NP(=O)(Oc1ccc(C(C)(C)C)cc1)Oc1c(F)c(F)c(F)c(F)c1F. The van der Waals surface area contributed by atoms with Crippen LogP contribution in [0.1, 0.15) is 58.1 Å². The molecule has 3 rings (SSSR count). The lowest BCUT2D eigenvalue weighted by Gasteiger charge is -2.26. The summed E-state index contributed by atoms with van der Waals surface area (Å²) in [7, 11) is -5.11. The van der Waals surface area contributed by atoms with Gasteiger partial charge >= 0.3 is 13.7 Å². The number of nitrogens with one attached hydrogen (secondary N) is 1. The molecule has 228 valence electrons. The molecule has 0 bridgehead atoms. The van der Waals surface area contributed by atoms with Gasteiger partial charge in [0.2, 0.25) is 34.8 Å². The number of unbranched alkanes of at least 4 members (excludes halogenated alkanes) is 2. The van der Waals surface area contributed by atoms with Crippen LogP contribution in [0.4, 0.5) is 22.0 Å². The Bertz CT molecular complexity index is 1390. The molecular formula is C30H33F5NO5P. The van der Waals surface area contributed by atoms with E-state index >= 15 is 0 Å². The van der Waals surface area contributed by atoms with Crippen LogP contribution >= 0.6 is 7.75 Å². The van der Waals surface area contributed by atoms with E-state index in [4.69, 9.17) is 13.8 Å². The van der Waals surface area contributed by atoms with E-state index < -0.39 is 54.6 Å². The zero-order valence-corrected chi connectivity index (χ0v) is 24.6. The lowest BCUT2D eigenvalue weighted by molar-refractivity contribution is -0.145. The molecule has 3 aromatic carbocycles. The fraction of sp³-hybridized carbons (Fsp3) is 0.367. The Balaban J connectivity index is 2.04. The van der Waals surface area contributed by atoms with Crippen LogP contribution in [0.25, 0.3) is 0 Å². The number of rotatable bonds is 13. The first-order chi connectivity index (χ1) is 19.8. The van der Waals surface area contributed by atoms with Gasteiger partial charge in [0.05, 0.1) is 6.61 Å². The minimum absolute atomic E-state index is 0.0393. The highest BCUT2D eigenvalue weighted by atomic mass is 31.2. The summed E-state index contributed by atoms with van der Waals surface area (Å²) in [6.07, 6.45) is 2.05. The third-order valence-corrected chi connectivity index (χ3v) is 7.70. The van der Waals surface area contributed by atoms with Crippen LogP contribution in [0.5, 0.6) is 11.5 Å². The van der Waals surface area contributed by atoms with Crippen molar-refractivity contribution in [2.24, 2.45) is 0 Å². The summed E-state index contributed by atoms with van der Waals surface area (Å²) in [5.74, 6) is -14.6. The fourth-order valence-electron chi connectivity index (χ4n) is 3.86. The Labute approximate surface area is 241 Å². The molecule has 0 fully saturated rings. The first kappa shape index (κ1) is 33.1. The van der Waals surface area contributed by atoms with Crippen LogP contribution < -0.4 is 14.1 Å². The van der Waals surface area contributed by atoms with Crippen molar-refractivity contribution in [1.29, 1.82) is 0 Å². The number of hydrogen-bond acceptors (Lipinski definition) is 5. The monoisotopic (exact) mass is 613 g/mol. The van der Waals surface area contributed by atoms with Gasteiger partial charge in [-0.2, -0.15) is 13.9 Å². The van der Waals surface area contributed by atoms with Gasteiger partial charge in [-0.3, -0.25) is 4.79 Å². The van der Waals surface area contributed by atoms with Gasteiger partial charge in [-0.25, -0.2) is 17.7 Å². The van der Waals surface area contributed by atoms with Crippen molar-refractivity contribution < 1.29 is 45.1 Å². The second-order valence-electron chi connectivity index (χ2n) is 10.6. The van der Waals surface area contributed by atoms with E-state index in [1.54, 1.807) is 42.5 Å². The van der Waals surface area contributed by atoms with Gasteiger partial charge in [0, 0.05) is 0 Å². The molecule has 0 amide bonds. The molecule has 0 heterocycles. The third-order valence-electron chi connectivity index (χ3n) is 6.20. The van der Waals surface area contributed by atoms with Crippen LogP contribution in [-0.2, 0) is 25.9 Å². The Kier molecular flexibility index (Phi) is 11.2. The van der Waals surface area contributed by atoms with E-state index in [-0.39, 0.29) is 24.2 Å². The van der Waals surface area contributed by atoms with Crippen molar-refractivity contribution in [3.63, 3.8) is 0 Å². The molecule has 0 saturated heterocycles. The van der Waals surface area contributed by atoms with Gasteiger partial charge in [0.15, 0.2) is 0 Å². The fourth-order valence-corrected chi connectivity index (χ4v) is 5.38. The molecule has 12 heteroatoms. The normalized spacial score (nSPS) is 13.7. The maximum atomic E-state index is 14.6. The molecule has 0 aliphatic heterocycles. The smallest absolute Gasteiger partial charge is 0.465 e.